The normalized spacial score (nSPS) is 29.5. The summed E-state index contributed by atoms with van der Waals surface area (Å²) < 4.78 is 0. The lowest BCUT2D eigenvalue weighted by Gasteiger charge is -2.32. The smallest absolute Gasteiger partial charge is 0.318 e. The molecule has 1 heterocycles. The third-order valence-electron chi connectivity index (χ3n) is 4.47. The number of hydrogen-bond donors (Lipinski definition) is 2. The molecule has 0 aromatic heterocycles. The first-order valence-corrected chi connectivity index (χ1v) is 7.22. The third-order valence-corrected chi connectivity index (χ3v) is 4.47. The Bertz CT molecular complexity index is 364. The molecule has 2 aliphatic rings. The number of hydrogen-bond acceptors (Lipinski definition) is 2. The second-order valence-electron chi connectivity index (χ2n) is 6.33. The zero-order valence-corrected chi connectivity index (χ0v) is 11.8. The van der Waals surface area contributed by atoms with Crippen molar-refractivity contribution in [2.24, 2.45) is 5.92 Å². The molecule has 2 atom stereocenters. The Hall–Kier alpha value is -1.26. The summed E-state index contributed by atoms with van der Waals surface area (Å²) in [6.07, 6.45) is 4.63. The monoisotopic (exact) mass is 268 g/mol. The molecule has 2 rings (SSSR count). The Kier molecular flexibility index (Phi) is 4.02. The Morgan fingerprint density at radius 3 is 2.42 bits per heavy atom. The average molecular weight is 268 g/mol. The zero-order valence-electron chi connectivity index (χ0n) is 11.8. The van der Waals surface area contributed by atoms with E-state index in [0.29, 0.717) is 5.92 Å². The third kappa shape index (κ3) is 3.19. The van der Waals surface area contributed by atoms with E-state index in [-0.39, 0.29) is 18.5 Å². The van der Waals surface area contributed by atoms with Crippen LogP contribution >= 0.6 is 0 Å². The van der Waals surface area contributed by atoms with Crippen molar-refractivity contribution in [3.05, 3.63) is 0 Å². The molecule has 1 saturated carbocycles. The molecule has 19 heavy (non-hydrogen) atoms. The molecule has 2 amide bonds. The van der Waals surface area contributed by atoms with Crippen molar-refractivity contribution < 1.29 is 14.7 Å². The molecule has 1 saturated heterocycles. The molecule has 0 bridgehead atoms. The lowest BCUT2D eigenvalue weighted by atomic mass is 9.93. The van der Waals surface area contributed by atoms with Crippen LogP contribution in [0.4, 0.5) is 4.79 Å². The first-order valence-electron chi connectivity index (χ1n) is 7.22. The molecule has 2 N–H and O–H groups in total. The molecule has 0 aromatic rings. The van der Waals surface area contributed by atoms with E-state index in [0.717, 1.165) is 38.6 Å². The Morgan fingerprint density at radius 2 is 1.95 bits per heavy atom. The van der Waals surface area contributed by atoms with E-state index in [4.69, 9.17) is 5.11 Å². The molecular formula is C14H24N2O3. The van der Waals surface area contributed by atoms with Crippen LogP contribution in [0.3, 0.4) is 0 Å². The fourth-order valence-corrected chi connectivity index (χ4v) is 3.57. The van der Waals surface area contributed by atoms with E-state index in [9.17, 15) is 9.59 Å². The van der Waals surface area contributed by atoms with Gasteiger partial charge in [0.05, 0.1) is 12.0 Å². The summed E-state index contributed by atoms with van der Waals surface area (Å²) in [4.78, 5) is 25.2. The van der Waals surface area contributed by atoms with E-state index < -0.39 is 11.5 Å². The van der Waals surface area contributed by atoms with E-state index in [1.165, 1.54) is 0 Å². The van der Waals surface area contributed by atoms with Crippen LogP contribution in [-0.4, -0.2) is 40.1 Å². The Morgan fingerprint density at radius 1 is 1.32 bits per heavy atom. The van der Waals surface area contributed by atoms with Crippen molar-refractivity contribution in [1.82, 2.24) is 10.2 Å². The summed E-state index contributed by atoms with van der Waals surface area (Å²) >= 11 is 0. The number of nitrogens with one attached hydrogen (secondary N) is 1. The highest BCUT2D eigenvalue weighted by molar-refractivity contribution is 5.77. The molecule has 1 aliphatic heterocycles. The van der Waals surface area contributed by atoms with Gasteiger partial charge in [0.25, 0.3) is 0 Å². The highest BCUT2D eigenvalue weighted by Crippen LogP contribution is 2.33. The van der Waals surface area contributed by atoms with Gasteiger partial charge >= 0.3 is 12.0 Å². The number of rotatable bonds is 3. The summed E-state index contributed by atoms with van der Waals surface area (Å²) in [5, 5.41) is 12.1. The van der Waals surface area contributed by atoms with Gasteiger partial charge in [-0.1, -0.05) is 19.8 Å². The number of carboxylic acids is 1. The number of carbonyl (C=O) groups is 2. The van der Waals surface area contributed by atoms with E-state index in [1.54, 1.807) is 0 Å². The van der Waals surface area contributed by atoms with Crippen LogP contribution in [0.25, 0.3) is 0 Å². The minimum atomic E-state index is -0.829. The molecule has 2 fully saturated rings. The average Bonchev–Trinajstić information content (AvgIpc) is 2.85. The quantitative estimate of drug-likeness (QED) is 0.824. The van der Waals surface area contributed by atoms with Gasteiger partial charge in [-0.3, -0.25) is 4.79 Å². The molecule has 1 aliphatic carbocycles. The first-order chi connectivity index (χ1) is 8.92. The second-order valence-corrected chi connectivity index (χ2v) is 6.33. The number of nitrogens with zero attached hydrogens (tertiary/aromatic N) is 1. The summed E-state index contributed by atoms with van der Waals surface area (Å²) in [5.74, 6) is -0.301. The van der Waals surface area contributed by atoms with Crippen molar-refractivity contribution in [3.8, 4) is 0 Å². The summed E-state index contributed by atoms with van der Waals surface area (Å²) in [6, 6.07) is 0.165. The molecular weight excluding hydrogens is 244 g/mol. The first kappa shape index (κ1) is 14.2. The largest absolute Gasteiger partial charge is 0.481 e. The molecule has 0 spiro atoms. The van der Waals surface area contributed by atoms with Gasteiger partial charge in [0, 0.05) is 12.6 Å². The molecule has 5 nitrogen and oxygen atoms in total. The lowest BCUT2D eigenvalue weighted by molar-refractivity contribution is -0.138. The molecule has 5 heteroatoms. The van der Waals surface area contributed by atoms with Crippen LogP contribution in [0.2, 0.25) is 0 Å². The van der Waals surface area contributed by atoms with E-state index in [2.05, 4.69) is 19.2 Å². The predicted octanol–water partition coefficient (Wildman–Crippen LogP) is 2.21. The van der Waals surface area contributed by atoms with Crippen LogP contribution in [-0.2, 0) is 4.79 Å². The Labute approximate surface area is 114 Å². The maximum Gasteiger partial charge on any atom is 0.318 e. The van der Waals surface area contributed by atoms with Gasteiger partial charge in [0.2, 0.25) is 0 Å². The number of amides is 2. The van der Waals surface area contributed by atoms with Crippen LogP contribution in [0.1, 0.15) is 52.4 Å². The summed E-state index contributed by atoms with van der Waals surface area (Å²) in [6.45, 7) is 4.98. The van der Waals surface area contributed by atoms with Gasteiger partial charge in [-0.2, -0.15) is 0 Å². The molecule has 2 unspecified atom stereocenters. The highest BCUT2D eigenvalue weighted by Gasteiger charge is 2.40. The van der Waals surface area contributed by atoms with Gasteiger partial charge in [-0.25, -0.2) is 4.79 Å². The van der Waals surface area contributed by atoms with Crippen molar-refractivity contribution in [1.29, 1.82) is 0 Å². The fraction of sp³-hybridized carbons (Fsp3) is 0.857. The maximum absolute atomic E-state index is 12.4. The molecule has 108 valence electrons. The van der Waals surface area contributed by atoms with Crippen LogP contribution in [0.15, 0.2) is 0 Å². The van der Waals surface area contributed by atoms with Crippen LogP contribution in [0, 0.1) is 5.92 Å². The second kappa shape index (κ2) is 5.39. The molecule has 0 aromatic carbocycles. The minimum absolute atomic E-state index is 0.0382. The number of likely N-dealkylation sites (tertiary alicyclic amines) is 1. The van der Waals surface area contributed by atoms with Crippen molar-refractivity contribution in [2.75, 3.05) is 6.54 Å². The number of urea groups is 1. The maximum atomic E-state index is 12.4. The topological polar surface area (TPSA) is 69.6 Å². The summed E-state index contributed by atoms with van der Waals surface area (Å²) in [5.41, 5.74) is -0.519. The molecule has 0 radical (unpaired) electrons. The SMILES string of the molecule is CC1CC(C)N(C(=O)NC2(CC(=O)O)CCCC2)C1. The number of carboxylic acid groups (broad SMARTS) is 1. The van der Waals surface area contributed by atoms with Crippen LogP contribution in [0.5, 0.6) is 0 Å². The van der Waals surface area contributed by atoms with Crippen LogP contribution < -0.4 is 5.32 Å². The zero-order chi connectivity index (χ0) is 14.0. The minimum Gasteiger partial charge on any atom is -0.481 e. The standard InChI is InChI=1S/C14H24N2O3/c1-10-7-11(2)16(9-10)13(19)15-14(8-12(17)18)5-3-4-6-14/h10-11H,3-9H2,1-2H3,(H,15,19)(H,17,18). The number of aliphatic carboxylic acids is 1. The van der Waals surface area contributed by atoms with Gasteiger partial charge in [0.15, 0.2) is 0 Å². The predicted molar refractivity (Wildman–Crippen MR) is 71.9 cm³/mol. The van der Waals surface area contributed by atoms with Gasteiger partial charge < -0.3 is 15.3 Å². The van der Waals surface area contributed by atoms with Gasteiger partial charge in [0.1, 0.15) is 0 Å². The van der Waals surface area contributed by atoms with E-state index >= 15 is 0 Å². The van der Waals surface area contributed by atoms with Gasteiger partial charge in [-0.15, -0.1) is 0 Å². The van der Waals surface area contributed by atoms with Crippen molar-refractivity contribution in [3.63, 3.8) is 0 Å². The van der Waals surface area contributed by atoms with E-state index in [1.807, 2.05) is 4.90 Å². The summed E-state index contributed by atoms with van der Waals surface area (Å²) in [7, 11) is 0. The van der Waals surface area contributed by atoms with Crippen molar-refractivity contribution >= 4 is 12.0 Å². The highest BCUT2D eigenvalue weighted by atomic mass is 16.4. The lowest BCUT2D eigenvalue weighted by Crippen LogP contribution is -2.53. The van der Waals surface area contributed by atoms with Gasteiger partial charge in [-0.05, 0) is 32.1 Å². The number of carbonyl (C=O) groups excluding carboxylic acids is 1. The fourth-order valence-electron chi connectivity index (χ4n) is 3.57. The Balaban J connectivity index is 2.01. The van der Waals surface area contributed by atoms with Crippen molar-refractivity contribution in [2.45, 2.75) is 64.0 Å².